The van der Waals surface area contributed by atoms with Crippen LogP contribution in [0.1, 0.15) is 5.56 Å². The van der Waals surface area contributed by atoms with Crippen molar-refractivity contribution in [1.29, 1.82) is 0 Å². The number of rotatable bonds is 3. The van der Waals surface area contributed by atoms with Crippen LogP contribution in [0.25, 0.3) is 0 Å². The Morgan fingerprint density at radius 3 is 2.93 bits per heavy atom. The second kappa shape index (κ2) is 5.10. The van der Waals surface area contributed by atoms with E-state index in [-0.39, 0.29) is 0 Å². The SMILES string of the molecule is C=CC1CNCCN1Cc1ccccc1. The molecule has 0 radical (unpaired) electrons. The molecule has 2 nitrogen and oxygen atoms in total. The van der Waals surface area contributed by atoms with Crippen molar-refractivity contribution in [2.24, 2.45) is 0 Å². The van der Waals surface area contributed by atoms with Gasteiger partial charge in [0.05, 0.1) is 0 Å². The van der Waals surface area contributed by atoms with Gasteiger partial charge in [-0.2, -0.15) is 0 Å². The molecule has 1 atom stereocenters. The van der Waals surface area contributed by atoms with Crippen LogP contribution < -0.4 is 5.32 Å². The van der Waals surface area contributed by atoms with Crippen LogP contribution in [0.5, 0.6) is 0 Å². The minimum absolute atomic E-state index is 0.471. The van der Waals surface area contributed by atoms with E-state index in [0.29, 0.717) is 6.04 Å². The van der Waals surface area contributed by atoms with Gasteiger partial charge in [0.2, 0.25) is 0 Å². The molecule has 0 saturated carbocycles. The molecule has 1 saturated heterocycles. The van der Waals surface area contributed by atoms with Gasteiger partial charge in [0, 0.05) is 32.2 Å². The van der Waals surface area contributed by atoms with Crippen LogP contribution >= 0.6 is 0 Å². The zero-order chi connectivity index (χ0) is 10.5. The van der Waals surface area contributed by atoms with Gasteiger partial charge >= 0.3 is 0 Å². The lowest BCUT2D eigenvalue weighted by Gasteiger charge is -2.34. The summed E-state index contributed by atoms with van der Waals surface area (Å²) in [5.41, 5.74) is 1.38. The first-order valence-corrected chi connectivity index (χ1v) is 5.51. The summed E-state index contributed by atoms with van der Waals surface area (Å²) < 4.78 is 0. The van der Waals surface area contributed by atoms with E-state index in [9.17, 15) is 0 Å². The Morgan fingerprint density at radius 1 is 1.40 bits per heavy atom. The van der Waals surface area contributed by atoms with Crippen LogP contribution in [0.3, 0.4) is 0 Å². The molecule has 1 aliphatic heterocycles. The number of piperazine rings is 1. The Labute approximate surface area is 91.6 Å². The molecule has 2 rings (SSSR count). The molecule has 0 spiro atoms. The van der Waals surface area contributed by atoms with Crippen molar-refractivity contribution in [3.8, 4) is 0 Å². The van der Waals surface area contributed by atoms with Gasteiger partial charge in [0.1, 0.15) is 0 Å². The highest BCUT2D eigenvalue weighted by Crippen LogP contribution is 2.10. The van der Waals surface area contributed by atoms with Gasteiger partial charge in [-0.25, -0.2) is 0 Å². The first-order chi connectivity index (χ1) is 7.40. The van der Waals surface area contributed by atoms with Crippen molar-refractivity contribution < 1.29 is 0 Å². The van der Waals surface area contributed by atoms with E-state index in [2.05, 4.69) is 47.1 Å². The smallest absolute Gasteiger partial charge is 0.0404 e. The van der Waals surface area contributed by atoms with E-state index in [4.69, 9.17) is 0 Å². The average Bonchev–Trinajstić information content (AvgIpc) is 2.31. The first-order valence-electron chi connectivity index (χ1n) is 5.51. The average molecular weight is 202 g/mol. The van der Waals surface area contributed by atoms with Gasteiger partial charge in [-0.3, -0.25) is 4.90 Å². The monoisotopic (exact) mass is 202 g/mol. The molecular formula is C13H18N2. The summed E-state index contributed by atoms with van der Waals surface area (Å²) in [5, 5.41) is 3.39. The minimum atomic E-state index is 0.471. The molecule has 0 bridgehead atoms. The molecular weight excluding hydrogens is 184 g/mol. The van der Waals surface area contributed by atoms with E-state index < -0.39 is 0 Å². The number of hydrogen-bond donors (Lipinski definition) is 1. The molecule has 80 valence electrons. The van der Waals surface area contributed by atoms with Crippen LogP contribution in [-0.4, -0.2) is 30.6 Å². The van der Waals surface area contributed by atoms with Crippen LogP contribution in [0.2, 0.25) is 0 Å². The maximum atomic E-state index is 3.89. The largest absolute Gasteiger partial charge is 0.314 e. The van der Waals surface area contributed by atoms with Gasteiger partial charge in [-0.1, -0.05) is 36.4 Å². The molecule has 1 aromatic rings. The Balaban J connectivity index is 2.00. The second-order valence-corrected chi connectivity index (χ2v) is 3.96. The standard InChI is InChI=1S/C13H18N2/c1-2-13-10-14-8-9-15(13)11-12-6-4-3-5-7-12/h2-7,13-14H,1,8-11H2. The summed E-state index contributed by atoms with van der Waals surface area (Å²) in [7, 11) is 0. The topological polar surface area (TPSA) is 15.3 Å². The van der Waals surface area contributed by atoms with Crippen molar-refractivity contribution in [3.63, 3.8) is 0 Å². The predicted octanol–water partition coefficient (Wildman–Crippen LogP) is 1.65. The van der Waals surface area contributed by atoms with Crippen molar-refractivity contribution in [3.05, 3.63) is 48.6 Å². The number of nitrogens with one attached hydrogen (secondary N) is 1. The molecule has 1 unspecified atom stereocenters. The normalized spacial score (nSPS) is 22.5. The molecule has 0 aromatic heterocycles. The van der Waals surface area contributed by atoms with Crippen molar-refractivity contribution in [1.82, 2.24) is 10.2 Å². The van der Waals surface area contributed by atoms with Crippen molar-refractivity contribution >= 4 is 0 Å². The molecule has 0 amide bonds. The summed E-state index contributed by atoms with van der Waals surface area (Å²) in [6, 6.07) is 11.1. The predicted molar refractivity (Wildman–Crippen MR) is 63.7 cm³/mol. The molecule has 0 aliphatic carbocycles. The van der Waals surface area contributed by atoms with Crippen molar-refractivity contribution in [2.45, 2.75) is 12.6 Å². The van der Waals surface area contributed by atoms with Crippen LogP contribution in [0.4, 0.5) is 0 Å². The lowest BCUT2D eigenvalue weighted by atomic mass is 10.1. The van der Waals surface area contributed by atoms with E-state index in [1.165, 1.54) is 5.56 Å². The van der Waals surface area contributed by atoms with Crippen LogP contribution in [-0.2, 0) is 6.54 Å². The van der Waals surface area contributed by atoms with Crippen molar-refractivity contribution in [2.75, 3.05) is 19.6 Å². The van der Waals surface area contributed by atoms with Crippen LogP contribution in [0, 0.1) is 0 Å². The Hall–Kier alpha value is -1.12. The van der Waals surface area contributed by atoms with E-state index >= 15 is 0 Å². The third kappa shape index (κ3) is 2.67. The van der Waals surface area contributed by atoms with Gasteiger partial charge in [0.15, 0.2) is 0 Å². The van der Waals surface area contributed by atoms with E-state index in [1.807, 2.05) is 6.08 Å². The third-order valence-corrected chi connectivity index (χ3v) is 2.90. The number of benzene rings is 1. The summed E-state index contributed by atoms with van der Waals surface area (Å²) in [6.45, 7) is 8.13. The zero-order valence-corrected chi connectivity index (χ0v) is 9.02. The van der Waals surface area contributed by atoms with Crippen LogP contribution in [0.15, 0.2) is 43.0 Å². The fraction of sp³-hybridized carbons (Fsp3) is 0.385. The zero-order valence-electron chi connectivity index (χ0n) is 9.02. The first kappa shape index (κ1) is 10.4. The maximum Gasteiger partial charge on any atom is 0.0404 e. The summed E-state index contributed by atoms with van der Waals surface area (Å²) in [5.74, 6) is 0. The number of nitrogens with zero attached hydrogens (tertiary/aromatic N) is 1. The number of hydrogen-bond acceptors (Lipinski definition) is 2. The fourth-order valence-electron chi connectivity index (χ4n) is 2.01. The molecule has 1 heterocycles. The molecule has 1 fully saturated rings. The third-order valence-electron chi connectivity index (χ3n) is 2.90. The second-order valence-electron chi connectivity index (χ2n) is 3.96. The highest BCUT2D eigenvalue weighted by Gasteiger charge is 2.18. The highest BCUT2D eigenvalue weighted by atomic mass is 15.2. The Morgan fingerprint density at radius 2 is 2.20 bits per heavy atom. The lowest BCUT2D eigenvalue weighted by molar-refractivity contribution is 0.185. The molecule has 15 heavy (non-hydrogen) atoms. The van der Waals surface area contributed by atoms with Gasteiger partial charge in [-0.15, -0.1) is 6.58 Å². The highest BCUT2D eigenvalue weighted by molar-refractivity contribution is 5.15. The maximum absolute atomic E-state index is 3.89. The Kier molecular flexibility index (Phi) is 3.54. The van der Waals surface area contributed by atoms with Gasteiger partial charge in [0.25, 0.3) is 0 Å². The van der Waals surface area contributed by atoms with Gasteiger partial charge in [-0.05, 0) is 5.56 Å². The Bertz CT molecular complexity index is 308. The summed E-state index contributed by atoms with van der Waals surface area (Å²) in [4.78, 5) is 2.47. The quantitative estimate of drug-likeness (QED) is 0.750. The molecule has 1 N–H and O–H groups in total. The van der Waals surface area contributed by atoms with Gasteiger partial charge < -0.3 is 5.32 Å². The minimum Gasteiger partial charge on any atom is -0.314 e. The molecule has 1 aliphatic rings. The summed E-state index contributed by atoms with van der Waals surface area (Å²) >= 11 is 0. The van der Waals surface area contributed by atoms with E-state index in [1.54, 1.807) is 0 Å². The van der Waals surface area contributed by atoms with E-state index in [0.717, 1.165) is 26.2 Å². The molecule has 1 aromatic carbocycles. The molecule has 2 heteroatoms. The lowest BCUT2D eigenvalue weighted by Crippen LogP contribution is -2.49. The summed E-state index contributed by atoms with van der Waals surface area (Å²) in [6.07, 6.45) is 2.04. The fourth-order valence-corrected chi connectivity index (χ4v) is 2.01.